The lowest BCUT2D eigenvalue weighted by atomic mass is 10.4. The molecule has 0 bridgehead atoms. The van der Waals surface area contributed by atoms with E-state index in [9.17, 15) is 4.79 Å². The molecule has 0 saturated heterocycles. The number of aryl methyl sites for hydroxylation is 1. The van der Waals surface area contributed by atoms with Crippen molar-refractivity contribution in [3.05, 3.63) is 17.6 Å². The van der Waals surface area contributed by atoms with Crippen molar-refractivity contribution in [2.24, 2.45) is 0 Å². The molecule has 1 aromatic heterocycles. The Labute approximate surface area is 113 Å². The summed E-state index contributed by atoms with van der Waals surface area (Å²) in [6, 6.07) is 1.79. The van der Waals surface area contributed by atoms with Gasteiger partial charge < -0.3 is 14.8 Å². The van der Waals surface area contributed by atoms with Gasteiger partial charge in [-0.2, -0.15) is 0 Å². The number of rotatable bonds is 8. The molecular weight excluding hydrogens is 246 g/mol. The van der Waals surface area contributed by atoms with Crippen molar-refractivity contribution in [1.29, 1.82) is 0 Å². The van der Waals surface area contributed by atoms with Crippen LogP contribution in [0.2, 0.25) is 0 Å². The maximum absolute atomic E-state index is 11.4. The summed E-state index contributed by atoms with van der Waals surface area (Å²) in [6.45, 7) is 6.13. The fraction of sp³-hybridized carbons (Fsp3) is 0.615. The third-order valence-electron chi connectivity index (χ3n) is 2.34. The van der Waals surface area contributed by atoms with E-state index < -0.39 is 5.97 Å². The predicted molar refractivity (Wildman–Crippen MR) is 72.3 cm³/mol. The first-order valence-corrected chi connectivity index (χ1v) is 6.43. The number of methoxy groups -OCH3 is 1. The lowest BCUT2D eigenvalue weighted by Crippen LogP contribution is -2.12. The average molecular weight is 267 g/mol. The van der Waals surface area contributed by atoms with Crippen LogP contribution in [0.15, 0.2) is 6.07 Å². The molecule has 0 aromatic carbocycles. The first kappa shape index (κ1) is 15.4. The molecular formula is C13H21N3O3. The minimum absolute atomic E-state index is 0.0761. The zero-order chi connectivity index (χ0) is 14.1. The second-order valence-electron chi connectivity index (χ2n) is 4.10. The molecule has 0 atom stereocenters. The van der Waals surface area contributed by atoms with E-state index in [0.717, 1.165) is 38.3 Å². The van der Waals surface area contributed by atoms with Gasteiger partial charge >= 0.3 is 5.97 Å². The highest BCUT2D eigenvalue weighted by Gasteiger charge is 2.10. The van der Waals surface area contributed by atoms with Gasteiger partial charge in [-0.15, -0.1) is 0 Å². The average Bonchev–Trinajstić information content (AvgIpc) is 2.41. The third kappa shape index (κ3) is 5.65. The number of aromatic nitrogens is 2. The van der Waals surface area contributed by atoms with Crippen molar-refractivity contribution < 1.29 is 14.3 Å². The van der Waals surface area contributed by atoms with Crippen molar-refractivity contribution in [3.63, 3.8) is 0 Å². The maximum atomic E-state index is 11.4. The van der Waals surface area contributed by atoms with Crippen molar-refractivity contribution in [2.75, 3.05) is 32.2 Å². The molecule has 0 aliphatic rings. The number of carbonyl (C=O) groups excluding carboxylic acids is 1. The van der Waals surface area contributed by atoms with Gasteiger partial charge in [0.2, 0.25) is 5.82 Å². The topological polar surface area (TPSA) is 73.3 Å². The second kappa shape index (κ2) is 8.42. The summed E-state index contributed by atoms with van der Waals surface area (Å²) in [7, 11) is 1.31. The number of anilines is 1. The quantitative estimate of drug-likeness (QED) is 0.572. The molecule has 1 N–H and O–H groups in total. The zero-order valence-corrected chi connectivity index (χ0v) is 11.7. The van der Waals surface area contributed by atoms with E-state index in [2.05, 4.69) is 26.9 Å². The van der Waals surface area contributed by atoms with E-state index >= 15 is 0 Å². The van der Waals surface area contributed by atoms with Gasteiger partial charge in [-0.1, -0.05) is 6.92 Å². The largest absolute Gasteiger partial charge is 0.463 e. The van der Waals surface area contributed by atoms with Crippen molar-refractivity contribution >= 4 is 11.8 Å². The highest BCUT2D eigenvalue weighted by molar-refractivity contribution is 5.85. The van der Waals surface area contributed by atoms with Gasteiger partial charge in [0, 0.05) is 31.5 Å². The Morgan fingerprint density at radius 1 is 1.37 bits per heavy atom. The first-order valence-electron chi connectivity index (χ1n) is 6.43. The SMILES string of the molecule is CCCOCCCNc1cc(C)nc(C(=O)OC)n1. The number of nitrogens with zero attached hydrogens (tertiary/aromatic N) is 2. The van der Waals surface area contributed by atoms with E-state index in [-0.39, 0.29) is 5.82 Å². The van der Waals surface area contributed by atoms with Crippen LogP contribution in [0.3, 0.4) is 0 Å². The smallest absolute Gasteiger partial charge is 0.376 e. The van der Waals surface area contributed by atoms with Crippen LogP contribution >= 0.6 is 0 Å². The summed E-state index contributed by atoms with van der Waals surface area (Å²) in [5, 5.41) is 3.14. The van der Waals surface area contributed by atoms with Crippen LogP contribution in [-0.2, 0) is 9.47 Å². The van der Waals surface area contributed by atoms with E-state index in [1.54, 1.807) is 6.07 Å². The zero-order valence-electron chi connectivity index (χ0n) is 11.7. The van der Waals surface area contributed by atoms with Gasteiger partial charge in [0.25, 0.3) is 0 Å². The Morgan fingerprint density at radius 3 is 2.84 bits per heavy atom. The summed E-state index contributed by atoms with van der Waals surface area (Å²) < 4.78 is 9.98. The Morgan fingerprint density at radius 2 is 2.16 bits per heavy atom. The van der Waals surface area contributed by atoms with E-state index in [1.165, 1.54) is 7.11 Å². The Hall–Kier alpha value is -1.69. The van der Waals surface area contributed by atoms with Crippen molar-refractivity contribution in [1.82, 2.24) is 9.97 Å². The molecule has 6 nitrogen and oxygen atoms in total. The molecule has 106 valence electrons. The lowest BCUT2D eigenvalue weighted by Gasteiger charge is -2.08. The number of esters is 1. The standard InChI is InChI=1S/C13H21N3O3/c1-4-7-19-8-5-6-14-11-9-10(2)15-12(16-11)13(17)18-3/h9H,4-8H2,1-3H3,(H,14,15,16). The van der Waals surface area contributed by atoms with Gasteiger partial charge in [0.1, 0.15) is 5.82 Å². The molecule has 19 heavy (non-hydrogen) atoms. The summed E-state index contributed by atoms with van der Waals surface area (Å²) >= 11 is 0. The van der Waals surface area contributed by atoms with Crippen LogP contribution in [-0.4, -0.2) is 42.8 Å². The monoisotopic (exact) mass is 267 g/mol. The molecule has 0 aliphatic carbocycles. The molecule has 0 aliphatic heterocycles. The third-order valence-corrected chi connectivity index (χ3v) is 2.34. The summed E-state index contributed by atoms with van der Waals surface area (Å²) in [4.78, 5) is 19.5. The summed E-state index contributed by atoms with van der Waals surface area (Å²) in [5.41, 5.74) is 0.722. The molecule has 0 radical (unpaired) electrons. The first-order chi connectivity index (χ1) is 9.17. The highest BCUT2D eigenvalue weighted by Crippen LogP contribution is 2.07. The Kier molecular flexibility index (Phi) is 6.81. The van der Waals surface area contributed by atoms with Gasteiger partial charge in [-0.05, 0) is 19.8 Å². The minimum Gasteiger partial charge on any atom is -0.463 e. The van der Waals surface area contributed by atoms with Crippen LogP contribution in [0.5, 0.6) is 0 Å². The summed E-state index contributed by atoms with van der Waals surface area (Å²) in [6.07, 6.45) is 1.91. The predicted octanol–water partition coefficient (Wildman–Crippen LogP) is 1.80. The molecule has 0 spiro atoms. The van der Waals surface area contributed by atoms with Gasteiger partial charge in [-0.25, -0.2) is 14.8 Å². The number of hydrogen-bond acceptors (Lipinski definition) is 6. The van der Waals surface area contributed by atoms with Gasteiger partial charge in [-0.3, -0.25) is 0 Å². The van der Waals surface area contributed by atoms with Crippen molar-refractivity contribution in [3.8, 4) is 0 Å². The van der Waals surface area contributed by atoms with Crippen LogP contribution in [0, 0.1) is 6.92 Å². The molecule has 1 rings (SSSR count). The van der Waals surface area contributed by atoms with E-state index in [4.69, 9.17) is 4.74 Å². The minimum atomic E-state index is -0.530. The van der Waals surface area contributed by atoms with E-state index in [1.807, 2.05) is 6.92 Å². The number of hydrogen-bond donors (Lipinski definition) is 1. The lowest BCUT2D eigenvalue weighted by molar-refractivity contribution is 0.0586. The van der Waals surface area contributed by atoms with Crippen LogP contribution < -0.4 is 5.32 Å². The van der Waals surface area contributed by atoms with Crippen LogP contribution in [0.25, 0.3) is 0 Å². The number of nitrogens with one attached hydrogen (secondary N) is 1. The van der Waals surface area contributed by atoms with Gasteiger partial charge in [0.05, 0.1) is 7.11 Å². The molecule has 0 saturated carbocycles. The number of ether oxygens (including phenoxy) is 2. The Bertz CT molecular complexity index is 410. The normalized spacial score (nSPS) is 10.3. The molecule has 1 heterocycles. The highest BCUT2D eigenvalue weighted by atomic mass is 16.5. The van der Waals surface area contributed by atoms with E-state index in [0.29, 0.717) is 5.82 Å². The number of carbonyl (C=O) groups is 1. The van der Waals surface area contributed by atoms with Crippen LogP contribution in [0.1, 0.15) is 36.1 Å². The second-order valence-corrected chi connectivity index (χ2v) is 4.10. The van der Waals surface area contributed by atoms with Crippen molar-refractivity contribution in [2.45, 2.75) is 26.7 Å². The van der Waals surface area contributed by atoms with Crippen LogP contribution in [0.4, 0.5) is 5.82 Å². The summed E-state index contributed by atoms with van der Waals surface area (Å²) in [5.74, 6) is 0.175. The van der Waals surface area contributed by atoms with Gasteiger partial charge in [0.15, 0.2) is 0 Å². The maximum Gasteiger partial charge on any atom is 0.376 e. The Balaban J connectivity index is 2.45. The fourth-order valence-electron chi connectivity index (χ4n) is 1.48. The molecule has 6 heteroatoms. The molecule has 0 amide bonds. The molecule has 0 fully saturated rings. The molecule has 0 unspecified atom stereocenters. The molecule has 1 aromatic rings. The fourth-order valence-corrected chi connectivity index (χ4v) is 1.48.